The van der Waals surface area contributed by atoms with E-state index in [1.165, 1.54) is 6.92 Å². The number of hydrogen-bond donors (Lipinski definition) is 1. The smallest absolute Gasteiger partial charge is 0.311 e. The number of nitro benzene ring substituents is 1. The molecule has 9 heteroatoms. The summed E-state index contributed by atoms with van der Waals surface area (Å²) >= 11 is 0. The predicted octanol–water partition coefficient (Wildman–Crippen LogP) is 3.42. The van der Waals surface area contributed by atoms with Crippen molar-refractivity contribution in [1.29, 1.82) is 0 Å². The lowest BCUT2D eigenvalue weighted by molar-refractivity contribution is -0.386. The van der Waals surface area contributed by atoms with Crippen LogP contribution in [0.15, 0.2) is 36.4 Å². The highest BCUT2D eigenvalue weighted by Crippen LogP contribution is 2.28. The molecule has 0 aliphatic rings. The number of nitro groups is 1. The number of rotatable bonds is 5. The van der Waals surface area contributed by atoms with E-state index in [1.54, 1.807) is 0 Å². The summed E-state index contributed by atoms with van der Waals surface area (Å²) in [6, 6.07) is 5.30. The molecule has 24 heavy (non-hydrogen) atoms. The normalized spacial score (nSPS) is 11.7. The number of amides is 1. The molecule has 0 saturated heterocycles. The van der Waals surface area contributed by atoms with Crippen molar-refractivity contribution in [3.8, 4) is 5.75 Å². The molecule has 0 spiro atoms. The summed E-state index contributed by atoms with van der Waals surface area (Å²) in [4.78, 5) is 22.1. The van der Waals surface area contributed by atoms with E-state index in [0.717, 1.165) is 36.4 Å². The van der Waals surface area contributed by atoms with Crippen molar-refractivity contribution in [3.63, 3.8) is 0 Å². The van der Waals surface area contributed by atoms with Crippen LogP contribution in [-0.2, 0) is 4.79 Å². The summed E-state index contributed by atoms with van der Waals surface area (Å²) in [5.74, 6) is -4.20. The minimum absolute atomic E-state index is 0.0249. The number of carbonyl (C=O) groups excluding carboxylic acids is 1. The van der Waals surface area contributed by atoms with Crippen molar-refractivity contribution in [2.24, 2.45) is 0 Å². The highest BCUT2D eigenvalue weighted by atomic mass is 19.2. The molecule has 2 rings (SSSR count). The number of halogens is 3. The Morgan fingerprint density at radius 1 is 1.17 bits per heavy atom. The van der Waals surface area contributed by atoms with Crippen molar-refractivity contribution >= 4 is 17.3 Å². The second kappa shape index (κ2) is 6.99. The van der Waals surface area contributed by atoms with Gasteiger partial charge in [-0.05, 0) is 25.1 Å². The quantitative estimate of drug-likeness (QED) is 0.668. The van der Waals surface area contributed by atoms with Gasteiger partial charge in [-0.15, -0.1) is 0 Å². The monoisotopic (exact) mass is 340 g/mol. The number of nitrogens with one attached hydrogen (secondary N) is 1. The number of benzene rings is 2. The van der Waals surface area contributed by atoms with Gasteiger partial charge in [-0.1, -0.05) is 0 Å². The molecule has 0 saturated carbocycles. The van der Waals surface area contributed by atoms with Crippen molar-refractivity contribution < 1.29 is 27.6 Å². The number of ether oxygens (including phenoxy) is 1. The minimum atomic E-state index is -1.25. The van der Waals surface area contributed by atoms with E-state index in [2.05, 4.69) is 5.32 Å². The Morgan fingerprint density at radius 2 is 1.88 bits per heavy atom. The van der Waals surface area contributed by atoms with Crippen molar-refractivity contribution in [2.75, 3.05) is 5.32 Å². The topological polar surface area (TPSA) is 81.5 Å². The molecule has 2 aromatic rings. The molecule has 126 valence electrons. The number of nitrogens with zero attached hydrogens (tertiary/aromatic N) is 1. The van der Waals surface area contributed by atoms with Crippen molar-refractivity contribution in [2.45, 2.75) is 13.0 Å². The molecule has 1 N–H and O–H groups in total. The predicted molar refractivity (Wildman–Crippen MR) is 78.1 cm³/mol. The summed E-state index contributed by atoms with van der Waals surface area (Å²) in [6.45, 7) is 1.27. The zero-order valence-electron chi connectivity index (χ0n) is 12.3. The SMILES string of the molecule is CC(Oc1cc(F)ccc1[N+](=O)[O-])C(=O)Nc1ccc(F)c(F)c1. The first-order chi connectivity index (χ1) is 11.3. The third kappa shape index (κ3) is 4.00. The molecule has 1 atom stereocenters. The fraction of sp³-hybridized carbons (Fsp3) is 0.133. The molecule has 1 amide bonds. The molecule has 1 unspecified atom stereocenters. The van der Waals surface area contributed by atoms with E-state index in [1.807, 2.05) is 0 Å². The van der Waals surface area contributed by atoms with E-state index < -0.39 is 45.8 Å². The van der Waals surface area contributed by atoms with Gasteiger partial charge >= 0.3 is 5.69 Å². The molecule has 0 aromatic heterocycles. The van der Waals surface area contributed by atoms with Gasteiger partial charge < -0.3 is 10.1 Å². The van der Waals surface area contributed by atoms with Gasteiger partial charge in [0.25, 0.3) is 5.91 Å². The van der Waals surface area contributed by atoms with E-state index in [4.69, 9.17) is 4.74 Å². The zero-order valence-corrected chi connectivity index (χ0v) is 12.3. The molecule has 0 fully saturated rings. The summed E-state index contributed by atoms with van der Waals surface area (Å²) in [7, 11) is 0. The summed E-state index contributed by atoms with van der Waals surface area (Å²) in [5.41, 5.74) is -0.535. The molecular formula is C15H11F3N2O4. The molecule has 0 aliphatic carbocycles. The van der Waals surface area contributed by atoms with Gasteiger partial charge in [0.05, 0.1) is 4.92 Å². The molecular weight excluding hydrogens is 329 g/mol. The molecule has 0 bridgehead atoms. The summed E-state index contributed by atoms with van der Waals surface area (Å²) in [6.07, 6.45) is -1.25. The Labute approximate surface area is 134 Å². The average Bonchev–Trinajstić information content (AvgIpc) is 2.50. The number of carbonyl (C=O) groups is 1. The lowest BCUT2D eigenvalue weighted by Crippen LogP contribution is -2.30. The van der Waals surface area contributed by atoms with Gasteiger partial charge in [0, 0.05) is 23.9 Å². The van der Waals surface area contributed by atoms with Gasteiger partial charge in [-0.3, -0.25) is 14.9 Å². The van der Waals surface area contributed by atoms with Crippen molar-refractivity contribution in [3.05, 3.63) is 64.0 Å². The Balaban J connectivity index is 2.13. The molecule has 0 heterocycles. The minimum Gasteiger partial charge on any atom is -0.474 e. The van der Waals surface area contributed by atoms with E-state index in [9.17, 15) is 28.1 Å². The van der Waals surface area contributed by atoms with Crippen LogP contribution in [0.3, 0.4) is 0 Å². The first kappa shape index (κ1) is 17.3. The fourth-order valence-corrected chi connectivity index (χ4v) is 1.79. The van der Waals surface area contributed by atoms with Gasteiger partial charge in [0.1, 0.15) is 5.82 Å². The molecule has 6 nitrogen and oxygen atoms in total. The van der Waals surface area contributed by atoms with Crippen LogP contribution in [0.1, 0.15) is 6.92 Å². The van der Waals surface area contributed by atoms with E-state index in [0.29, 0.717) is 0 Å². The third-order valence-electron chi connectivity index (χ3n) is 2.98. The lowest BCUT2D eigenvalue weighted by Gasteiger charge is -2.15. The molecule has 0 radical (unpaired) electrons. The Bertz CT molecular complexity index is 798. The second-order valence-electron chi connectivity index (χ2n) is 4.75. The van der Waals surface area contributed by atoms with Crippen LogP contribution in [0.2, 0.25) is 0 Å². The van der Waals surface area contributed by atoms with Crippen LogP contribution in [-0.4, -0.2) is 16.9 Å². The maximum Gasteiger partial charge on any atom is 0.311 e. The van der Waals surface area contributed by atoms with Crippen LogP contribution < -0.4 is 10.1 Å². The summed E-state index contributed by atoms with van der Waals surface area (Å²) in [5, 5.41) is 13.1. The Kier molecular flexibility index (Phi) is 5.02. The zero-order chi connectivity index (χ0) is 17.9. The highest BCUT2D eigenvalue weighted by Gasteiger charge is 2.22. The van der Waals surface area contributed by atoms with Crippen LogP contribution in [0.5, 0.6) is 5.75 Å². The maximum absolute atomic E-state index is 13.2. The van der Waals surface area contributed by atoms with Crippen LogP contribution in [0, 0.1) is 27.6 Å². The molecule has 0 aliphatic heterocycles. The lowest BCUT2D eigenvalue weighted by atomic mass is 10.2. The molecule has 2 aromatic carbocycles. The first-order valence-corrected chi connectivity index (χ1v) is 6.64. The standard InChI is InChI=1S/C15H11F3N2O4/c1-8(15(21)19-10-3-4-11(17)12(18)7-10)24-14-6-9(16)2-5-13(14)20(22)23/h2-8H,1H3,(H,19,21). The second-order valence-corrected chi connectivity index (χ2v) is 4.75. The Hall–Kier alpha value is -3.10. The van der Waals surface area contributed by atoms with Gasteiger partial charge in [-0.25, -0.2) is 13.2 Å². The fourth-order valence-electron chi connectivity index (χ4n) is 1.79. The Morgan fingerprint density at radius 3 is 2.50 bits per heavy atom. The van der Waals surface area contributed by atoms with Gasteiger partial charge in [0.2, 0.25) is 5.75 Å². The van der Waals surface area contributed by atoms with Crippen LogP contribution >= 0.6 is 0 Å². The van der Waals surface area contributed by atoms with Gasteiger partial charge in [0.15, 0.2) is 17.7 Å². The highest BCUT2D eigenvalue weighted by molar-refractivity contribution is 5.94. The van der Waals surface area contributed by atoms with Gasteiger partial charge in [-0.2, -0.15) is 0 Å². The van der Waals surface area contributed by atoms with Crippen molar-refractivity contribution in [1.82, 2.24) is 0 Å². The largest absolute Gasteiger partial charge is 0.474 e. The average molecular weight is 340 g/mol. The number of hydrogen-bond acceptors (Lipinski definition) is 4. The maximum atomic E-state index is 13.2. The number of anilines is 1. The van der Waals surface area contributed by atoms with Crippen LogP contribution in [0.4, 0.5) is 24.5 Å². The summed E-state index contributed by atoms with van der Waals surface area (Å²) < 4.78 is 44.2. The van der Waals surface area contributed by atoms with E-state index >= 15 is 0 Å². The first-order valence-electron chi connectivity index (χ1n) is 6.64. The third-order valence-corrected chi connectivity index (χ3v) is 2.98. The van der Waals surface area contributed by atoms with E-state index in [-0.39, 0.29) is 5.69 Å². The van der Waals surface area contributed by atoms with Crippen LogP contribution in [0.25, 0.3) is 0 Å².